The zero-order chi connectivity index (χ0) is 9.97. The van der Waals surface area contributed by atoms with Crippen LogP contribution in [0.25, 0.3) is 0 Å². The van der Waals surface area contributed by atoms with Crippen molar-refractivity contribution in [3.63, 3.8) is 0 Å². The first-order valence-corrected chi connectivity index (χ1v) is 4.42. The van der Waals surface area contributed by atoms with E-state index in [4.69, 9.17) is 5.73 Å². The lowest BCUT2D eigenvalue weighted by Gasteiger charge is -2.11. The van der Waals surface area contributed by atoms with E-state index in [1.165, 1.54) is 0 Å². The van der Waals surface area contributed by atoms with Gasteiger partial charge in [0, 0.05) is 31.3 Å². The number of aryl methyl sites for hydroxylation is 1. The predicted octanol–water partition coefficient (Wildman–Crippen LogP) is 0.863. The van der Waals surface area contributed by atoms with E-state index in [0.29, 0.717) is 0 Å². The van der Waals surface area contributed by atoms with Crippen LogP contribution in [0, 0.1) is 0 Å². The molecule has 2 rings (SSSR count). The molecule has 0 aromatic carbocycles. The highest BCUT2D eigenvalue weighted by Gasteiger charge is 2.12. The summed E-state index contributed by atoms with van der Waals surface area (Å²) in [5, 5.41) is 0. The van der Waals surface area contributed by atoms with Gasteiger partial charge in [-0.05, 0) is 12.1 Å². The Bertz CT molecular complexity index is 407. The molecule has 0 amide bonds. The molecular formula is C10H12N4. The molecule has 1 unspecified atom stereocenters. The van der Waals surface area contributed by atoms with Gasteiger partial charge in [0.05, 0.1) is 17.9 Å². The molecule has 4 nitrogen and oxygen atoms in total. The molecule has 0 bridgehead atoms. The minimum atomic E-state index is -0.205. The third kappa shape index (κ3) is 1.52. The van der Waals surface area contributed by atoms with Crippen molar-refractivity contribution in [1.29, 1.82) is 0 Å². The fourth-order valence-electron chi connectivity index (χ4n) is 1.42. The Labute approximate surface area is 82.4 Å². The number of nitrogens with zero attached hydrogens (tertiary/aromatic N) is 3. The average Bonchev–Trinajstić information content (AvgIpc) is 2.65. The Morgan fingerprint density at radius 2 is 2.29 bits per heavy atom. The second-order valence-electron chi connectivity index (χ2n) is 3.15. The largest absolute Gasteiger partial charge is 0.353 e. The van der Waals surface area contributed by atoms with Crippen LogP contribution in [0.5, 0.6) is 0 Å². The fraction of sp³-hybridized carbons (Fsp3) is 0.200. The molecule has 1 atom stereocenters. The van der Waals surface area contributed by atoms with Crippen LogP contribution in [-0.2, 0) is 7.05 Å². The van der Waals surface area contributed by atoms with Gasteiger partial charge >= 0.3 is 0 Å². The van der Waals surface area contributed by atoms with Gasteiger partial charge in [0.1, 0.15) is 0 Å². The van der Waals surface area contributed by atoms with Crippen LogP contribution in [0.15, 0.2) is 36.9 Å². The second-order valence-corrected chi connectivity index (χ2v) is 3.15. The predicted molar refractivity (Wildman–Crippen MR) is 53.5 cm³/mol. The molecule has 14 heavy (non-hydrogen) atoms. The van der Waals surface area contributed by atoms with Crippen LogP contribution in [0.4, 0.5) is 0 Å². The molecule has 0 aliphatic carbocycles. The Morgan fingerprint density at radius 1 is 1.43 bits per heavy atom. The van der Waals surface area contributed by atoms with Gasteiger partial charge in [-0.1, -0.05) is 0 Å². The monoisotopic (exact) mass is 188 g/mol. The van der Waals surface area contributed by atoms with E-state index in [1.807, 2.05) is 29.9 Å². The minimum absolute atomic E-state index is 0.205. The van der Waals surface area contributed by atoms with Crippen molar-refractivity contribution in [3.05, 3.63) is 48.3 Å². The van der Waals surface area contributed by atoms with E-state index in [9.17, 15) is 0 Å². The summed E-state index contributed by atoms with van der Waals surface area (Å²) >= 11 is 0. The highest BCUT2D eigenvalue weighted by Crippen LogP contribution is 2.15. The summed E-state index contributed by atoms with van der Waals surface area (Å²) in [6.45, 7) is 0. The molecule has 0 radical (unpaired) electrons. The summed E-state index contributed by atoms with van der Waals surface area (Å²) in [6, 6.07) is 3.74. The lowest BCUT2D eigenvalue weighted by Crippen LogP contribution is -2.16. The molecule has 0 fully saturated rings. The molecule has 0 saturated carbocycles. The Hall–Kier alpha value is -1.68. The molecule has 2 aromatic rings. The second kappa shape index (κ2) is 3.59. The van der Waals surface area contributed by atoms with Gasteiger partial charge in [0.15, 0.2) is 0 Å². The van der Waals surface area contributed by atoms with E-state index in [2.05, 4.69) is 9.97 Å². The molecule has 72 valence electrons. The molecule has 0 aliphatic heterocycles. The molecule has 0 spiro atoms. The van der Waals surface area contributed by atoms with Crippen molar-refractivity contribution < 1.29 is 0 Å². The maximum atomic E-state index is 6.04. The van der Waals surface area contributed by atoms with Crippen molar-refractivity contribution >= 4 is 0 Å². The topological polar surface area (TPSA) is 56.7 Å². The highest BCUT2D eigenvalue weighted by atomic mass is 15.0. The summed E-state index contributed by atoms with van der Waals surface area (Å²) in [5.74, 6) is 0. The summed E-state index contributed by atoms with van der Waals surface area (Å²) < 4.78 is 1.99. The summed E-state index contributed by atoms with van der Waals surface area (Å²) in [4.78, 5) is 8.17. The normalized spacial score (nSPS) is 12.7. The first-order chi connectivity index (χ1) is 6.79. The third-order valence-electron chi connectivity index (χ3n) is 2.20. The van der Waals surface area contributed by atoms with E-state index in [-0.39, 0.29) is 6.04 Å². The number of hydrogen-bond donors (Lipinski definition) is 1. The summed E-state index contributed by atoms with van der Waals surface area (Å²) in [7, 11) is 1.96. The zero-order valence-electron chi connectivity index (χ0n) is 7.96. The van der Waals surface area contributed by atoms with Gasteiger partial charge < -0.3 is 10.3 Å². The maximum absolute atomic E-state index is 6.04. The number of rotatable bonds is 2. The first kappa shape index (κ1) is 8.90. The SMILES string of the molecule is Cn1cccc1C(N)c1cnccn1. The molecule has 2 N–H and O–H groups in total. The zero-order valence-corrected chi connectivity index (χ0v) is 7.96. The van der Waals surface area contributed by atoms with Gasteiger partial charge in [-0.25, -0.2) is 0 Å². The van der Waals surface area contributed by atoms with Crippen molar-refractivity contribution in [3.8, 4) is 0 Å². The first-order valence-electron chi connectivity index (χ1n) is 4.42. The average molecular weight is 188 g/mol. The highest BCUT2D eigenvalue weighted by molar-refractivity contribution is 5.20. The van der Waals surface area contributed by atoms with E-state index < -0.39 is 0 Å². The van der Waals surface area contributed by atoms with Crippen LogP contribution in [-0.4, -0.2) is 14.5 Å². The standard InChI is InChI=1S/C10H12N4/c1-14-6-2-3-9(14)10(11)8-7-12-4-5-13-8/h2-7,10H,11H2,1H3. The Kier molecular flexibility index (Phi) is 2.28. The molecule has 4 heteroatoms. The van der Waals surface area contributed by atoms with Gasteiger partial charge in [-0.15, -0.1) is 0 Å². The van der Waals surface area contributed by atoms with Crippen LogP contribution < -0.4 is 5.73 Å². The number of hydrogen-bond acceptors (Lipinski definition) is 3. The molecule has 2 aromatic heterocycles. The lowest BCUT2D eigenvalue weighted by atomic mass is 10.1. The molecular weight excluding hydrogens is 176 g/mol. The Morgan fingerprint density at radius 3 is 2.86 bits per heavy atom. The van der Waals surface area contributed by atoms with Crippen molar-refractivity contribution in [1.82, 2.24) is 14.5 Å². The van der Waals surface area contributed by atoms with Gasteiger partial charge in [-0.2, -0.15) is 0 Å². The van der Waals surface area contributed by atoms with E-state index in [1.54, 1.807) is 18.6 Å². The van der Waals surface area contributed by atoms with Gasteiger partial charge in [0.2, 0.25) is 0 Å². The van der Waals surface area contributed by atoms with Gasteiger partial charge in [-0.3, -0.25) is 9.97 Å². The van der Waals surface area contributed by atoms with E-state index >= 15 is 0 Å². The van der Waals surface area contributed by atoms with Crippen molar-refractivity contribution in [2.75, 3.05) is 0 Å². The quantitative estimate of drug-likeness (QED) is 0.760. The number of nitrogens with two attached hydrogens (primary N) is 1. The van der Waals surface area contributed by atoms with Crippen molar-refractivity contribution in [2.24, 2.45) is 12.8 Å². The number of aromatic nitrogens is 3. The van der Waals surface area contributed by atoms with Crippen molar-refractivity contribution in [2.45, 2.75) is 6.04 Å². The summed E-state index contributed by atoms with van der Waals surface area (Å²) in [6.07, 6.45) is 6.95. The molecule has 0 saturated heterocycles. The lowest BCUT2D eigenvalue weighted by molar-refractivity contribution is 0.723. The van der Waals surface area contributed by atoms with Gasteiger partial charge in [0.25, 0.3) is 0 Å². The smallest absolute Gasteiger partial charge is 0.0895 e. The van der Waals surface area contributed by atoms with E-state index in [0.717, 1.165) is 11.4 Å². The maximum Gasteiger partial charge on any atom is 0.0895 e. The van der Waals surface area contributed by atoms with Crippen LogP contribution >= 0.6 is 0 Å². The molecule has 0 aliphatic rings. The Balaban J connectivity index is 2.34. The molecule has 2 heterocycles. The van der Waals surface area contributed by atoms with Crippen LogP contribution in [0.2, 0.25) is 0 Å². The third-order valence-corrected chi connectivity index (χ3v) is 2.20. The van der Waals surface area contributed by atoms with Crippen LogP contribution in [0.1, 0.15) is 17.4 Å². The minimum Gasteiger partial charge on any atom is -0.353 e. The fourth-order valence-corrected chi connectivity index (χ4v) is 1.42. The van der Waals surface area contributed by atoms with Crippen LogP contribution in [0.3, 0.4) is 0 Å². The summed E-state index contributed by atoms with van der Waals surface area (Å²) in [5.41, 5.74) is 7.86.